The minimum atomic E-state index is -0.528. The first kappa shape index (κ1) is 18.1. The first-order valence-corrected chi connectivity index (χ1v) is 8.80. The van der Waals surface area contributed by atoms with Crippen molar-refractivity contribution in [3.63, 3.8) is 0 Å². The van der Waals surface area contributed by atoms with Crippen LogP contribution in [0.25, 0.3) is 10.4 Å². The van der Waals surface area contributed by atoms with Crippen LogP contribution in [-0.2, 0) is 4.74 Å². The van der Waals surface area contributed by atoms with E-state index in [9.17, 15) is 4.79 Å². The number of allylic oxidation sites excluding steroid dienone is 1. The quantitative estimate of drug-likeness (QED) is 0.679. The van der Waals surface area contributed by atoms with Crippen molar-refractivity contribution in [2.75, 3.05) is 17.2 Å². The summed E-state index contributed by atoms with van der Waals surface area (Å²) in [5.74, 6) is 0. The van der Waals surface area contributed by atoms with Crippen molar-refractivity contribution in [2.45, 2.75) is 33.3 Å². The second-order valence-corrected chi connectivity index (χ2v) is 7.26. The number of thiophene rings is 1. The van der Waals surface area contributed by atoms with Crippen molar-refractivity contribution >= 4 is 28.8 Å². The van der Waals surface area contributed by atoms with Crippen LogP contribution in [0.1, 0.15) is 27.7 Å². The fraction of sp³-hybridized carbons (Fsp3) is 0.316. The Balaban J connectivity index is 2.23. The van der Waals surface area contributed by atoms with Crippen molar-refractivity contribution in [3.8, 4) is 10.4 Å². The number of benzene rings is 1. The number of hydrogen-bond donors (Lipinski definition) is 2. The zero-order chi connectivity index (χ0) is 17.6. The molecule has 0 saturated heterocycles. The number of carbonyl (C=O) groups is 1. The highest BCUT2D eigenvalue weighted by molar-refractivity contribution is 7.13. The molecule has 0 unspecified atom stereocenters. The molecule has 0 fully saturated rings. The molecule has 128 valence electrons. The Kier molecular flexibility index (Phi) is 6.04. The minimum Gasteiger partial charge on any atom is -0.444 e. The first-order chi connectivity index (χ1) is 11.4. The molecule has 2 aromatic rings. The lowest BCUT2D eigenvalue weighted by Gasteiger charge is -2.21. The summed E-state index contributed by atoms with van der Waals surface area (Å²) in [6.45, 7) is 8.20. The molecule has 0 spiro atoms. The van der Waals surface area contributed by atoms with Crippen molar-refractivity contribution in [2.24, 2.45) is 0 Å². The lowest BCUT2D eigenvalue weighted by Crippen LogP contribution is -2.27. The van der Waals surface area contributed by atoms with Crippen LogP contribution in [-0.4, -0.2) is 18.2 Å². The molecule has 1 aromatic carbocycles. The van der Waals surface area contributed by atoms with E-state index in [-0.39, 0.29) is 0 Å². The Morgan fingerprint density at radius 1 is 1.25 bits per heavy atom. The van der Waals surface area contributed by atoms with Crippen molar-refractivity contribution in [3.05, 3.63) is 47.9 Å². The number of rotatable bonds is 5. The summed E-state index contributed by atoms with van der Waals surface area (Å²) in [4.78, 5) is 13.2. The highest BCUT2D eigenvalue weighted by atomic mass is 32.1. The summed E-state index contributed by atoms with van der Waals surface area (Å²) in [5.41, 5.74) is 2.15. The number of hydrogen-bond acceptors (Lipinski definition) is 4. The third-order valence-corrected chi connectivity index (χ3v) is 4.03. The number of nitrogens with one attached hydrogen (secondary N) is 2. The molecule has 2 rings (SSSR count). The van der Waals surface area contributed by atoms with Crippen molar-refractivity contribution in [1.29, 1.82) is 0 Å². The Hall–Kier alpha value is -2.27. The van der Waals surface area contributed by atoms with E-state index < -0.39 is 11.7 Å². The van der Waals surface area contributed by atoms with E-state index in [1.165, 1.54) is 4.88 Å². The molecule has 0 atom stereocenters. The maximum absolute atomic E-state index is 12.1. The topological polar surface area (TPSA) is 50.4 Å². The van der Waals surface area contributed by atoms with Crippen LogP contribution in [0.3, 0.4) is 0 Å². The third kappa shape index (κ3) is 5.42. The van der Waals surface area contributed by atoms with E-state index in [4.69, 9.17) is 4.74 Å². The molecule has 0 radical (unpaired) electrons. The van der Waals surface area contributed by atoms with Gasteiger partial charge in [0.2, 0.25) is 0 Å². The van der Waals surface area contributed by atoms with Crippen molar-refractivity contribution in [1.82, 2.24) is 0 Å². The smallest absolute Gasteiger partial charge is 0.412 e. The van der Waals surface area contributed by atoms with Gasteiger partial charge in [0.25, 0.3) is 0 Å². The lowest BCUT2D eigenvalue weighted by molar-refractivity contribution is 0.0636. The minimum absolute atomic E-state index is 0.458. The molecule has 0 aliphatic heterocycles. The SMILES string of the molecule is C/C=C/CNc1cc(-c2cccs2)ccc1NC(=O)OC(C)(C)C. The van der Waals surface area contributed by atoms with Gasteiger partial charge < -0.3 is 10.1 Å². The molecule has 4 nitrogen and oxygen atoms in total. The van der Waals surface area contributed by atoms with E-state index in [1.54, 1.807) is 11.3 Å². The maximum atomic E-state index is 12.1. The van der Waals surface area contributed by atoms with Gasteiger partial charge in [-0.25, -0.2) is 4.79 Å². The zero-order valence-corrected chi connectivity index (χ0v) is 15.4. The monoisotopic (exact) mass is 344 g/mol. The van der Waals surface area contributed by atoms with Crippen LogP contribution in [0.4, 0.5) is 16.2 Å². The Morgan fingerprint density at radius 3 is 2.67 bits per heavy atom. The summed E-state index contributed by atoms with van der Waals surface area (Å²) in [6, 6.07) is 10.1. The average molecular weight is 344 g/mol. The molecular weight excluding hydrogens is 320 g/mol. The molecule has 24 heavy (non-hydrogen) atoms. The maximum Gasteiger partial charge on any atom is 0.412 e. The van der Waals surface area contributed by atoms with Gasteiger partial charge in [-0.1, -0.05) is 24.3 Å². The summed E-state index contributed by atoms with van der Waals surface area (Å²) < 4.78 is 5.34. The van der Waals surface area contributed by atoms with Gasteiger partial charge in [0.1, 0.15) is 5.60 Å². The normalized spacial score (nSPS) is 11.5. The van der Waals surface area contributed by atoms with Gasteiger partial charge in [-0.3, -0.25) is 5.32 Å². The van der Waals surface area contributed by atoms with E-state index in [1.807, 2.05) is 64.1 Å². The highest BCUT2D eigenvalue weighted by Gasteiger charge is 2.17. The zero-order valence-electron chi connectivity index (χ0n) is 14.6. The summed E-state index contributed by atoms with van der Waals surface area (Å²) in [5, 5.41) is 8.21. The van der Waals surface area contributed by atoms with Crippen molar-refractivity contribution < 1.29 is 9.53 Å². The van der Waals surface area contributed by atoms with Crippen LogP contribution in [0.2, 0.25) is 0 Å². The van der Waals surface area contributed by atoms with E-state index in [0.717, 1.165) is 11.3 Å². The predicted octanol–water partition coefficient (Wildman–Crippen LogP) is 5.75. The Labute approximate surface area is 147 Å². The molecular formula is C19H24N2O2S. The van der Waals surface area contributed by atoms with Gasteiger partial charge in [0.05, 0.1) is 11.4 Å². The Bertz CT molecular complexity index is 701. The van der Waals surface area contributed by atoms with Crippen LogP contribution >= 0.6 is 11.3 Å². The number of ether oxygens (including phenoxy) is 1. The third-order valence-electron chi connectivity index (χ3n) is 3.11. The molecule has 5 heteroatoms. The number of anilines is 2. The van der Waals surface area contributed by atoms with E-state index in [2.05, 4.69) is 22.1 Å². The molecule has 0 aliphatic carbocycles. The number of carbonyl (C=O) groups excluding carboxylic acids is 1. The molecule has 1 amide bonds. The molecule has 2 N–H and O–H groups in total. The van der Waals surface area contributed by atoms with Gasteiger partial charge in [-0.15, -0.1) is 11.3 Å². The average Bonchev–Trinajstić information content (AvgIpc) is 3.01. The highest BCUT2D eigenvalue weighted by Crippen LogP contribution is 2.31. The van der Waals surface area contributed by atoms with Gasteiger partial charge >= 0.3 is 6.09 Å². The standard InChI is InChI=1S/C19H24N2O2S/c1-5-6-11-20-16-13-14(17-8-7-12-24-17)9-10-15(16)21-18(22)23-19(2,3)4/h5-10,12-13,20H,11H2,1-4H3,(H,21,22)/b6-5+. The molecule has 0 bridgehead atoms. The predicted molar refractivity (Wildman–Crippen MR) is 103 cm³/mol. The first-order valence-electron chi connectivity index (χ1n) is 7.92. The number of amides is 1. The molecule has 0 aliphatic rings. The van der Waals surface area contributed by atoms with Crippen LogP contribution in [0.15, 0.2) is 47.9 Å². The van der Waals surface area contributed by atoms with E-state index in [0.29, 0.717) is 12.2 Å². The van der Waals surface area contributed by atoms with Gasteiger partial charge in [-0.2, -0.15) is 0 Å². The molecule has 0 saturated carbocycles. The summed E-state index contributed by atoms with van der Waals surface area (Å²) in [7, 11) is 0. The molecule has 1 heterocycles. The second-order valence-electron chi connectivity index (χ2n) is 6.31. The summed E-state index contributed by atoms with van der Waals surface area (Å²) >= 11 is 1.69. The Morgan fingerprint density at radius 2 is 2.04 bits per heavy atom. The van der Waals surface area contributed by atoms with Gasteiger partial charge in [0.15, 0.2) is 0 Å². The van der Waals surface area contributed by atoms with E-state index >= 15 is 0 Å². The van der Waals surface area contributed by atoms with Crippen LogP contribution in [0, 0.1) is 0 Å². The van der Waals surface area contributed by atoms with Crippen LogP contribution in [0.5, 0.6) is 0 Å². The second kappa shape index (κ2) is 8.02. The van der Waals surface area contributed by atoms with Gasteiger partial charge in [-0.05, 0) is 56.8 Å². The van der Waals surface area contributed by atoms with Crippen LogP contribution < -0.4 is 10.6 Å². The van der Waals surface area contributed by atoms with Gasteiger partial charge in [0, 0.05) is 11.4 Å². The fourth-order valence-electron chi connectivity index (χ4n) is 2.10. The molecule has 1 aromatic heterocycles. The fourth-order valence-corrected chi connectivity index (χ4v) is 2.82. The lowest BCUT2D eigenvalue weighted by atomic mass is 10.1. The summed E-state index contributed by atoms with van der Waals surface area (Å²) in [6.07, 6.45) is 3.55. The largest absolute Gasteiger partial charge is 0.444 e.